The minimum Gasteiger partial charge on any atom is -0.370 e. The van der Waals surface area contributed by atoms with Crippen LogP contribution in [0.3, 0.4) is 0 Å². The summed E-state index contributed by atoms with van der Waals surface area (Å²) in [5.74, 6) is 0. The summed E-state index contributed by atoms with van der Waals surface area (Å²) in [4.78, 5) is 0. The molecule has 0 aromatic heterocycles. The molecular weight excluding hydrogens is 272 g/mol. The van der Waals surface area contributed by atoms with Gasteiger partial charge in [-0.05, 0) is 37.0 Å². The van der Waals surface area contributed by atoms with E-state index in [4.69, 9.17) is 21.1 Å². The Labute approximate surface area is 126 Å². The van der Waals surface area contributed by atoms with Gasteiger partial charge in [0, 0.05) is 5.02 Å². The monoisotopic (exact) mass is 294 g/mol. The Bertz CT molecular complexity index is 445. The fourth-order valence-corrected chi connectivity index (χ4v) is 3.52. The molecule has 1 heterocycles. The van der Waals surface area contributed by atoms with Crippen molar-refractivity contribution in [3.8, 4) is 0 Å². The molecule has 0 bridgehead atoms. The van der Waals surface area contributed by atoms with Crippen LogP contribution in [-0.2, 0) is 16.1 Å². The molecule has 20 heavy (non-hydrogen) atoms. The summed E-state index contributed by atoms with van der Waals surface area (Å²) in [5, 5.41) is 0.774. The molecule has 0 N–H and O–H groups in total. The lowest BCUT2D eigenvalue weighted by atomic mass is 9.97. The van der Waals surface area contributed by atoms with Crippen molar-refractivity contribution in [1.29, 1.82) is 0 Å². The SMILES string of the molecule is CCCCCC12OC1CCC2OCc1ccc(Cl)cc1. The molecule has 1 saturated heterocycles. The van der Waals surface area contributed by atoms with E-state index < -0.39 is 0 Å². The van der Waals surface area contributed by atoms with Gasteiger partial charge < -0.3 is 9.47 Å². The highest BCUT2D eigenvalue weighted by Gasteiger charge is 2.65. The molecule has 0 spiro atoms. The third-order valence-electron chi connectivity index (χ3n) is 4.62. The van der Waals surface area contributed by atoms with Gasteiger partial charge in [-0.25, -0.2) is 0 Å². The van der Waals surface area contributed by atoms with Crippen LogP contribution < -0.4 is 0 Å². The number of unbranched alkanes of at least 4 members (excludes halogenated alkanes) is 2. The lowest BCUT2D eigenvalue weighted by Crippen LogP contribution is -2.29. The maximum absolute atomic E-state index is 6.15. The van der Waals surface area contributed by atoms with Crippen LogP contribution in [0.25, 0.3) is 0 Å². The molecule has 1 aliphatic heterocycles. The second kappa shape index (κ2) is 6.05. The Morgan fingerprint density at radius 1 is 1.25 bits per heavy atom. The third kappa shape index (κ3) is 2.88. The lowest BCUT2D eigenvalue weighted by Gasteiger charge is -2.21. The van der Waals surface area contributed by atoms with Crippen molar-refractivity contribution in [2.75, 3.05) is 0 Å². The first-order chi connectivity index (χ1) is 9.74. The minimum absolute atomic E-state index is 0.0571. The maximum atomic E-state index is 6.15. The Balaban J connectivity index is 1.53. The molecule has 3 atom stereocenters. The molecule has 110 valence electrons. The predicted octanol–water partition coefficient (Wildman–Crippen LogP) is 4.74. The predicted molar refractivity (Wildman–Crippen MR) is 81.0 cm³/mol. The Morgan fingerprint density at radius 2 is 2.05 bits per heavy atom. The standard InChI is InChI=1S/C17H23ClO2/c1-2-3-4-11-17-15(9-10-16(17)20-17)19-12-13-5-7-14(18)8-6-13/h5-8,15-16H,2-4,9-12H2,1H3. The van der Waals surface area contributed by atoms with E-state index in [1.165, 1.54) is 24.8 Å². The Morgan fingerprint density at radius 3 is 2.75 bits per heavy atom. The van der Waals surface area contributed by atoms with Gasteiger partial charge in [0.2, 0.25) is 0 Å². The van der Waals surface area contributed by atoms with Crippen LogP contribution in [0.15, 0.2) is 24.3 Å². The molecule has 3 unspecified atom stereocenters. The van der Waals surface area contributed by atoms with Crippen molar-refractivity contribution in [2.24, 2.45) is 0 Å². The summed E-state index contributed by atoms with van der Waals surface area (Å²) >= 11 is 5.90. The summed E-state index contributed by atoms with van der Waals surface area (Å²) in [5.41, 5.74) is 1.24. The molecule has 2 nitrogen and oxygen atoms in total. The van der Waals surface area contributed by atoms with Gasteiger partial charge in [-0.3, -0.25) is 0 Å². The normalized spacial score (nSPS) is 31.3. The summed E-state index contributed by atoms with van der Waals surface area (Å²) in [6.45, 7) is 2.90. The number of fused-ring (bicyclic) bond motifs is 1. The fourth-order valence-electron chi connectivity index (χ4n) is 3.40. The van der Waals surface area contributed by atoms with Gasteiger partial charge in [0.15, 0.2) is 0 Å². The number of epoxide rings is 1. The molecule has 3 heteroatoms. The molecule has 3 rings (SSSR count). The zero-order valence-electron chi connectivity index (χ0n) is 12.1. The second-order valence-corrected chi connectivity index (χ2v) is 6.46. The van der Waals surface area contributed by atoms with Crippen molar-refractivity contribution >= 4 is 11.6 Å². The van der Waals surface area contributed by atoms with E-state index in [0.29, 0.717) is 12.7 Å². The molecule has 2 aliphatic rings. The van der Waals surface area contributed by atoms with Gasteiger partial charge in [0.05, 0.1) is 18.8 Å². The molecule has 1 saturated carbocycles. The zero-order chi connectivity index (χ0) is 14.0. The molecule has 0 radical (unpaired) electrons. The average molecular weight is 295 g/mol. The number of halogens is 1. The van der Waals surface area contributed by atoms with Gasteiger partial charge >= 0.3 is 0 Å². The van der Waals surface area contributed by atoms with Crippen LogP contribution in [0.5, 0.6) is 0 Å². The third-order valence-corrected chi connectivity index (χ3v) is 4.87. The fraction of sp³-hybridized carbons (Fsp3) is 0.647. The molecule has 1 aromatic rings. The van der Waals surface area contributed by atoms with Crippen LogP contribution in [0.2, 0.25) is 5.02 Å². The number of hydrogen-bond acceptors (Lipinski definition) is 2. The second-order valence-electron chi connectivity index (χ2n) is 6.02. The summed E-state index contributed by atoms with van der Waals surface area (Å²) < 4.78 is 12.1. The summed E-state index contributed by atoms with van der Waals surface area (Å²) in [6, 6.07) is 7.91. The molecular formula is C17H23ClO2. The van der Waals surface area contributed by atoms with Crippen molar-refractivity contribution < 1.29 is 9.47 Å². The van der Waals surface area contributed by atoms with E-state index in [9.17, 15) is 0 Å². The first kappa shape index (κ1) is 14.4. The highest BCUT2D eigenvalue weighted by atomic mass is 35.5. The first-order valence-electron chi connectivity index (χ1n) is 7.78. The van der Waals surface area contributed by atoms with Gasteiger partial charge in [-0.15, -0.1) is 0 Å². The molecule has 1 aromatic carbocycles. The summed E-state index contributed by atoms with van der Waals surface area (Å²) in [6.07, 6.45) is 8.03. The first-order valence-corrected chi connectivity index (χ1v) is 8.16. The Hall–Kier alpha value is -0.570. The van der Waals surface area contributed by atoms with Gasteiger partial charge in [-0.2, -0.15) is 0 Å². The smallest absolute Gasteiger partial charge is 0.121 e. The zero-order valence-corrected chi connectivity index (χ0v) is 12.9. The average Bonchev–Trinajstić information content (AvgIpc) is 3.06. The van der Waals surface area contributed by atoms with E-state index in [1.807, 2.05) is 24.3 Å². The quantitative estimate of drug-likeness (QED) is 0.535. The molecule has 1 aliphatic carbocycles. The van der Waals surface area contributed by atoms with Crippen LogP contribution in [0.1, 0.15) is 51.0 Å². The van der Waals surface area contributed by atoms with Gasteiger partial charge in [0.1, 0.15) is 5.60 Å². The van der Waals surface area contributed by atoms with Crippen LogP contribution in [0.4, 0.5) is 0 Å². The lowest BCUT2D eigenvalue weighted by molar-refractivity contribution is -0.0214. The van der Waals surface area contributed by atoms with E-state index in [1.54, 1.807) is 0 Å². The highest BCUT2D eigenvalue weighted by Crippen LogP contribution is 2.54. The van der Waals surface area contributed by atoms with E-state index in [2.05, 4.69) is 6.92 Å². The highest BCUT2D eigenvalue weighted by molar-refractivity contribution is 6.30. The van der Waals surface area contributed by atoms with Gasteiger partial charge in [-0.1, -0.05) is 49.9 Å². The van der Waals surface area contributed by atoms with Crippen LogP contribution >= 0.6 is 11.6 Å². The summed E-state index contributed by atoms with van der Waals surface area (Å²) in [7, 11) is 0. The number of ether oxygens (including phenoxy) is 2. The van der Waals surface area contributed by atoms with Crippen molar-refractivity contribution in [3.63, 3.8) is 0 Å². The van der Waals surface area contributed by atoms with E-state index >= 15 is 0 Å². The number of hydrogen-bond donors (Lipinski definition) is 0. The topological polar surface area (TPSA) is 21.8 Å². The minimum atomic E-state index is 0.0571. The maximum Gasteiger partial charge on any atom is 0.121 e. The van der Waals surface area contributed by atoms with E-state index in [0.717, 1.165) is 24.3 Å². The molecule has 2 fully saturated rings. The van der Waals surface area contributed by atoms with Crippen LogP contribution in [-0.4, -0.2) is 17.8 Å². The number of benzene rings is 1. The van der Waals surface area contributed by atoms with Crippen molar-refractivity contribution in [2.45, 2.75) is 69.9 Å². The van der Waals surface area contributed by atoms with E-state index in [-0.39, 0.29) is 11.7 Å². The number of rotatable bonds is 7. The van der Waals surface area contributed by atoms with Gasteiger partial charge in [0.25, 0.3) is 0 Å². The largest absolute Gasteiger partial charge is 0.370 e. The Kier molecular flexibility index (Phi) is 4.34. The molecule has 0 amide bonds. The van der Waals surface area contributed by atoms with Crippen molar-refractivity contribution in [3.05, 3.63) is 34.9 Å². The van der Waals surface area contributed by atoms with Crippen LogP contribution in [0, 0.1) is 0 Å². The van der Waals surface area contributed by atoms with Crippen molar-refractivity contribution in [1.82, 2.24) is 0 Å².